The largest absolute Gasteiger partial charge is 0.349 e. The summed E-state index contributed by atoms with van der Waals surface area (Å²) >= 11 is 6.21. The van der Waals surface area contributed by atoms with Crippen molar-refractivity contribution in [1.29, 1.82) is 0 Å². The highest BCUT2D eigenvalue weighted by molar-refractivity contribution is 6.33. The molecule has 1 unspecified atom stereocenters. The molecule has 3 nitrogen and oxygen atoms in total. The van der Waals surface area contributed by atoms with E-state index < -0.39 is 0 Å². The third-order valence-corrected chi connectivity index (χ3v) is 5.69. The summed E-state index contributed by atoms with van der Waals surface area (Å²) in [6.45, 7) is 0. The molecule has 0 radical (unpaired) electrons. The molecule has 0 aromatic heterocycles. The lowest BCUT2D eigenvalue weighted by molar-refractivity contribution is 0.0845. The Balaban J connectivity index is 1.83. The van der Waals surface area contributed by atoms with Crippen LogP contribution in [0.15, 0.2) is 54.6 Å². The molecule has 4 heteroatoms. The topological polar surface area (TPSA) is 32.3 Å². The Labute approximate surface area is 161 Å². The monoisotopic (exact) mass is 370 g/mol. The van der Waals surface area contributed by atoms with Crippen LogP contribution in [0.25, 0.3) is 0 Å². The van der Waals surface area contributed by atoms with Crippen molar-refractivity contribution in [2.24, 2.45) is 5.92 Å². The minimum atomic E-state index is -0.0712. The summed E-state index contributed by atoms with van der Waals surface area (Å²) in [6.07, 6.45) is 4.49. The third-order valence-electron chi connectivity index (χ3n) is 5.36. The highest BCUT2D eigenvalue weighted by Gasteiger charge is 2.35. The lowest BCUT2D eigenvalue weighted by Gasteiger charge is -2.41. The quantitative estimate of drug-likeness (QED) is 0.809. The summed E-state index contributed by atoms with van der Waals surface area (Å²) in [5.74, 6) is 0.311. The maximum Gasteiger partial charge on any atom is 0.253 e. The summed E-state index contributed by atoms with van der Waals surface area (Å²) in [7, 11) is 4.25. The second-order valence-electron chi connectivity index (χ2n) is 7.33. The summed E-state index contributed by atoms with van der Waals surface area (Å²) in [6, 6.07) is 18.3. The molecule has 2 aromatic carbocycles. The second kappa shape index (κ2) is 8.70. The van der Waals surface area contributed by atoms with Crippen molar-refractivity contribution in [3.05, 3.63) is 70.7 Å². The van der Waals surface area contributed by atoms with Crippen LogP contribution in [0.4, 0.5) is 0 Å². The lowest BCUT2D eigenvalue weighted by atomic mass is 9.77. The van der Waals surface area contributed by atoms with E-state index in [4.69, 9.17) is 11.6 Å². The van der Waals surface area contributed by atoms with E-state index in [1.807, 2.05) is 18.2 Å². The maximum absolute atomic E-state index is 12.8. The standard InChI is InChI=1S/C22H27ClN2O/c1-25(2)21(16-10-4-3-5-11-16)18-13-7-9-15-20(18)24-22(26)17-12-6-8-14-19(17)23/h3-6,8,10-12,14,18,20-21H,7,9,13,15H2,1-2H3,(H,24,26)/t18-,20+,21?/m0/s1. The first-order valence-electron chi connectivity index (χ1n) is 9.34. The van der Waals surface area contributed by atoms with Gasteiger partial charge >= 0.3 is 0 Å². The van der Waals surface area contributed by atoms with Gasteiger partial charge in [-0.15, -0.1) is 0 Å². The van der Waals surface area contributed by atoms with E-state index >= 15 is 0 Å². The summed E-state index contributed by atoms with van der Waals surface area (Å²) in [5.41, 5.74) is 1.86. The molecule has 2 aromatic rings. The van der Waals surface area contributed by atoms with Gasteiger partial charge in [0.05, 0.1) is 10.6 Å². The van der Waals surface area contributed by atoms with E-state index in [0.717, 1.165) is 19.3 Å². The van der Waals surface area contributed by atoms with Crippen LogP contribution in [0.2, 0.25) is 5.02 Å². The summed E-state index contributed by atoms with van der Waals surface area (Å²) < 4.78 is 0. The Bertz CT molecular complexity index is 732. The lowest BCUT2D eigenvalue weighted by Crippen LogP contribution is -2.46. The van der Waals surface area contributed by atoms with E-state index in [1.165, 1.54) is 12.0 Å². The highest BCUT2D eigenvalue weighted by atomic mass is 35.5. The minimum Gasteiger partial charge on any atom is -0.349 e. The average molecular weight is 371 g/mol. The molecular weight excluding hydrogens is 344 g/mol. The van der Waals surface area contributed by atoms with Gasteiger partial charge in [0, 0.05) is 12.1 Å². The van der Waals surface area contributed by atoms with Gasteiger partial charge in [0.2, 0.25) is 0 Å². The molecule has 3 atom stereocenters. The molecule has 1 N–H and O–H groups in total. The first kappa shape index (κ1) is 18.9. The van der Waals surface area contributed by atoms with Crippen LogP contribution in [-0.2, 0) is 0 Å². The molecular formula is C22H27ClN2O. The number of halogens is 1. The van der Waals surface area contributed by atoms with Crippen LogP contribution < -0.4 is 5.32 Å². The SMILES string of the molecule is CN(C)C(c1ccccc1)[C@H]1CCCC[C@H]1NC(=O)c1ccccc1Cl. The van der Waals surface area contributed by atoms with Crippen LogP contribution in [0.3, 0.4) is 0 Å². The van der Waals surface area contributed by atoms with Crippen LogP contribution in [0.5, 0.6) is 0 Å². The van der Waals surface area contributed by atoms with Crippen molar-refractivity contribution in [2.45, 2.75) is 37.8 Å². The number of hydrogen-bond donors (Lipinski definition) is 1. The fourth-order valence-corrected chi connectivity index (χ4v) is 4.41. The maximum atomic E-state index is 12.8. The molecule has 3 rings (SSSR count). The second-order valence-corrected chi connectivity index (χ2v) is 7.73. The van der Waals surface area contributed by atoms with Crippen LogP contribution in [-0.4, -0.2) is 30.9 Å². The number of nitrogens with zero attached hydrogens (tertiary/aromatic N) is 1. The molecule has 0 bridgehead atoms. The zero-order valence-corrected chi connectivity index (χ0v) is 16.2. The molecule has 1 aliphatic rings. The van der Waals surface area contributed by atoms with Crippen molar-refractivity contribution >= 4 is 17.5 Å². The number of hydrogen-bond acceptors (Lipinski definition) is 2. The van der Waals surface area contributed by atoms with Crippen molar-refractivity contribution in [3.8, 4) is 0 Å². The molecule has 1 fully saturated rings. The van der Waals surface area contributed by atoms with Gasteiger partial charge in [0.15, 0.2) is 0 Å². The van der Waals surface area contributed by atoms with Gasteiger partial charge in [-0.2, -0.15) is 0 Å². The van der Waals surface area contributed by atoms with Gasteiger partial charge in [-0.3, -0.25) is 4.79 Å². The molecule has 138 valence electrons. The van der Waals surface area contributed by atoms with Gasteiger partial charge in [0.25, 0.3) is 5.91 Å². The van der Waals surface area contributed by atoms with Crippen LogP contribution in [0.1, 0.15) is 47.6 Å². The van der Waals surface area contributed by atoms with E-state index in [9.17, 15) is 4.79 Å². The molecule has 0 heterocycles. The van der Waals surface area contributed by atoms with Crippen molar-refractivity contribution in [3.63, 3.8) is 0 Å². The number of carbonyl (C=O) groups excluding carboxylic acids is 1. The fraction of sp³-hybridized carbons (Fsp3) is 0.409. The minimum absolute atomic E-state index is 0.0712. The molecule has 26 heavy (non-hydrogen) atoms. The van der Waals surface area contributed by atoms with Crippen LogP contribution >= 0.6 is 11.6 Å². The van der Waals surface area contributed by atoms with Crippen LogP contribution in [0, 0.1) is 5.92 Å². The number of rotatable bonds is 5. The number of benzene rings is 2. The first-order valence-corrected chi connectivity index (χ1v) is 9.72. The summed E-state index contributed by atoms with van der Waals surface area (Å²) in [5, 5.41) is 3.79. The Morgan fingerprint density at radius 3 is 2.38 bits per heavy atom. The predicted molar refractivity (Wildman–Crippen MR) is 108 cm³/mol. The van der Waals surface area contributed by atoms with Crippen molar-refractivity contribution in [1.82, 2.24) is 10.2 Å². The molecule has 1 amide bonds. The Morgan fingerprint density at radius 2 is 1.69 bits per heavy atom. The Kier molecular flexibility index (Phi) is 6.33. The van der Waals surface area contributed by atoms with E-state index in [2.05, 4.69) is 48.6 Å². The molecule has 1 aliphatic carbocycles. The normalized spacial score (nSPS) is 21.4. The van der Waals surface area contributed by atoms with Gasteiger partial charge < -0.3 is 10.2 Å². The molecule has 0 aliphatic heterocycles. The fourth-order valence-electron chi connectivity index (χ4n) is 4.19. The highest BCUT2D eigenvalue weighted by Crippen LogP contribution is 2.37. The van der Waals surface area contributed by atoms with E-state index in [1.54, 1.807) is 12.1 Å². The zero-order chi connectivity index (χ0) is 18.5. The third kappa shape index (κ3) is 4.28. The Morgan fingerprint density at radius 1 is 1.04 bits per heavy atom. The smallest absolute Gasteiger partial charge is 0.253 e. The van der Waals surface area contributed by atoms with Gasteiger partial charge in [0.1, 0.15) is 0 Å². The van der Waals surface area contributed by atoms with E-state index in [-0.39, 0.29) is 18.0 Å². The van der Waals surface area contributed by atoms with Gasteiger partial charge in [-0.1, -0.05) is 66.9 Å². The Hall–Kier alpha value is -1.84. The first-order chi connectivity index (χ1) is 12.6. The van der Waals surface area contributed by atoms with Crippen molar-refractivity contribution in [2.75, 3.05) is 14.1 Å². The predicted octanol–water partition coefficient (Wildman–Crippen LogP) is 4.93. The molecule has 0 spiro atoms. The number of carbonyl (C=O) groups is 1. The van der Waals surface area contributed by atoms with Gasteiger partial charge in [-0.05, 0) is 50.6 Å². The molecule has 1 saturated carbocycles. The van der Waals surface area contributed by atoms with Crippen molar-refractivity contribution < 1.29 is 4.79 Å². The number of amides is 1. The summed E-state index contributed by atoms with van der Waals surface area (Å²) in [4.78, 5) is 15.1. The zero-order valence-electron chi connectivity index (χ0n) is 15.5. The van der Waals surface area contributed by atoms with Gasteiger partial charge in [-0.25, -0.2) is 0 Å². The average Bonchev–Trinajstić information content (AvgIpc) is 2.64. The number of nitrogens with one attached hydrogen (secondary N) is 1. The van der Waals surface area contributed by atoms with E-state index in [0.29, 0.717) is 16.5 Å². The molecule has 0 saturated heterocycles.